The van der Waals surface area contributed by atoms with E-state index in [9.17, 15) is 24.0 Å². The zero-order chi connectivity index (χ0) is 38.2. The monoisotopic (exact) mass is 894 g/mol. The van der Waals surface area contributed by atoms with Crippen molar-refractivity contribution in [3.8, 4) is 0 Å². The van der Waals surface area contributed by atoms with Crippen molar-refractivity contribution in [2.24, 2.45) is 0 Å². The normalized spacial score (nSPS) is 12.2. The summed E-state index contributed by atoms with van der Waals surface area (Å²) in [7, 11) is 1.00. The average Bonchev–Trinajstić information content (AvgIpc) is 3.95. The number of hydrogen-bond acceptors (Lipinski definition) is 9. The Hall–Kier alpha value is -3.54. The SMILES string of the molecule is C.C.C.C.CO.Nc1cc(F)c([N+](=O)[O-])cc1Br.[2H]CC.[NH3+]c1cc(Br)c(NC[C@@H](O)COCc2ccccc2)cc1F.c1ccc(COC[C@H]2CO2)cc1. The van der Waals surface area contributed by atoms with Crippen LogP contribution in [0.15, 0.2) is 93.9 Å². The van der Waals surface area contributed by atoms with Gasteiger partial charge in [-0.3, -0.25) is 10.1 Å². The van der Waals surface area contributed by atoms with Crippen LogP contribution in [0, 0.1) is 21.7 Å². The van der Waals surface area contributed by atoms with E-state index in [-0.39, 0.29) is 54.4 Å². The third kappa shape index (κ3) is 23.3. The van der Waals surface area contributed by atoms with Crippen molar-refractivity contribution >= 4 is 54.6 Å². The number of aliphatic hydroxyl groups is 2. The minimum absolute atomic E-state index is 0. The summed E-state index contributed by atoms with van der Waals surface area (Å²) in [4.78, 5) is 9.38. The van der Waals surface area contributed by atoms with Gasteiger partial charge < -0.3 is 41.2 Å². The Morgan fingerprint density at radius 1 is 0.963 bits per heavy atom. The number of benzene rings is 4. The largest absolute Gasteiger partial charge is 0.400 e. The minimum Gasteiger partial charge on any atom is -0.400 e. The number of nitrogen functional groups attached to an aromatic ring is 1. The molecule has 0 spiro atoms. The highest BCUT2D eigenvalue weighted by molar-refractivity contribution is 9.11. The molecular formula is C39H61Br2F2N4O7+. The first-order valence-corrected chi connectivity index (χ1v) is 16.7. The molecule has 0 saturated carbocycles. The van der Waals surface area contributed by atoms with Crippen LogP contribution in [-0.4, -0.2) is 60.8 Å². The molecule has 1 aliphatic heterocycles. The summed E-state index contributed by atoms with van der Waals surface area (Å²) >= 11 is 6.28. The maximum Gasteiger partial charge on any atom is 0.306 e. The maximum atomic E-state index is 13.5. The Balaban J connectivity index is -0.000000341. The number of rotatable bonds is 12. The smallest absolute Gasteiger partial charge is 0.306 e. The van der Waals surface area contributed by atoms with Crippen LogP contribution in [0.1, 0.15) is 56.0 Å². The number of nitrogens with two attached hydrogens (primary N) is 1. The van der Waals surface area contributed by atoms with E-state index in [0.29, 0.717) is 46.5 Å². The number of nitrogens with one attached hydrogen (secondary N) is 1. The summed E-state index contributed by atoms with van der Waals surface area (Å²) in [6.45, 7) is 5.51. The third-order valence-corrected chi connectivity index (χ3v) is 7.51. The van der Waals surface area contributed by atoms with Gasteiger partial charge in [0, 0.05) is 53.9 Å². The Bertz CT molecular complexity index is 1570. The van der Waals surface area contributed by atoms with Crippen LogP contribution in [0.2, 0.25) is 0 Å². The molecule has 0 amide bonds. The zero-order valence-corrected chi connectivity index (χ0v) is 31.0. The van der Waals surface area contributed by atoms with Gasteiger partial charge in [0.25, 0.3) is 0 Å². The van der Waals surface area contributed by atoms with Crippen molar-refractivity contribution in [3.05, 3.63) is 127 Å². The lowest BCUT2D eigenvalue weighted by Crippen LogP contribution is -2.41. The maximum absolute atomic E-state index is 13.5. The van der Waals surface area contributed by atoms with Crippen LogP contribution in [0.4, 0.5) is 31.5 Å². The van der Waals surface area contributed by atoms with E-state index >= 15 is 0 Å². The summed E-state index contributed by atoms with van der Waals surface area (Å²) in [5.74, 6) is -1.32. The number of nitrogens with zero attached hydrogens (tertiary/aromatic N) is 1. The van der Waals surface area contributed by atoms with E-state index in [4.69, 9.17) is 26.4 Å². The van der Waals surface area contributed by atoms with Gasteiger partial charge in [0.05, 0.1) is 49.7 Å². The van der Waals surface area contributed by atoms with Crippen molar-refractivity contribution in [1.29, 1.82) is 0 Å². The number of halogens is 4. The number of nitro benzene ring substituents is 1. The van der Waals surface area contributed by atoms with Gasteiger partial charge in [-0.05, 0) is 43.0 Å². The van der Waals surface area contributed by atoms with Crippen LogP contribution in [-0.2, 0) is 27.4 Å². The highest BCUT2D eigenvalue weighted by Gasteiger charge is 2.22. The molecule has 54 heavy (non-hydrogen) atoms. The van der Waals surface area contributed by atoms with Gasteiger partial charge in [-0.1, -0.05) is 104 Å². The van der Waals surface area contributed by atoms with Gasteiger partial charge in [0.2, 0.25) is 5.82 Å². The van der Waals surface area contributed by atoms with Crippen molar-refractivity contribution in [3.63, 3.8) is 0 Å². The molecule has 0 radical (unpaired) electrons. The van der Waals surface area contributed by atoms with E-state index in [1.54, 1.807) is 13.0 Å². The van der Waals surface area contributed by atoms with E-state index in [1.165, 1.54) is 11.6 Å². The molecule has 1 fully saturated rings. The fourth-order valence-electron chi connectivity index (χ4n) is 3.64. The summed E-state index contributed by atoms with van der Waals surface area (Å²) < 4.78 is 49.3. The molecule has 11 nitrogen and oxygen atoms in total. The topological polar surface area (TPSA) is 180 Å². The van der Waals surface area contributed by atoms with E-state index in [1.807, 2.05) is 48.5 Å². The van der Waals surface area contributed by atoms with Crippen molar-refractivity contribution in [2.45, 2.75) is 69.0 Å². The Morgan fingerprint density at radius 2 is 1.46 bits per heavy atom. The fraction of sp³-hybridized carbons (Fsp3) is 0.385. The summed E-state index contributed by atoms with van der Waals surface area (Å²) in [5.41, 5.74) is 11.6. The van der Waals surface area contributed by atoms with E-state index in [0.717, 1.165) is 38.0 Å². The molecule has 5 rings (SSSR count). The summed E-state index contributed by atoms with van der Waals surface area (Å²) in [6.07, 6.45) is -0.313. The molecule has 1 aliphatic rings. The van der Waals surface area contributed by atoms with E-state index < -0.39 is 22.5 Å². The Kier molecular flexibility index (Phi) is 33.3. The van der Waals surface area contributed by atoms with Crippen molar-refractivity contribution < 1.29 is 45.2 Å². The predicted molar refractivity (Wildman–Crippen MR) is 225 cm³/mol. The number of epoxide rings is 1. The molecule has 0 aliphatic carbocycles. The first-order valence-electron chi connectivity index (χ1n) is 15.9. The van der Waals surface area contributed by atoms with Gasteiger partial charge in [0.1, 0.15) is 6.10 Å². The van der Waals surface area contributed by atoms with Crippen LogP contribution >= 0.6 is 31.9 Å². The van der Waals surface area contributed by atoms with Gasteiger partial charge >= 0.3 is 5.69 Å². The molecule has 4 aromatic rings. The molecule has 15 heteroatoms. The number of nitro groups is 1. The quantitative estimate of drug-likeness (QED) is 0.0401. The van der Waals surface area contributed by atoms with Crippen LogP contribution < -0.4 is 16.8 Å². The predicted octanol–water partition coefficient (Wildman–Crippen LogP) is 9.31. The van der Waals surface area contributed by atoms with Gasteiger partial charge in [-0.15, -0.1) is 0 Å². The first-order chi connectivity index (χ1) is 24.4. The number of hydrogen-bond donors (Lipinski definition) is 5. The third-order valence-electron chi connectivity index (χ3n) is 6.17. The van der Waals surface area contributed by atoms with Gasteiger partial charge in [-0.2, -0.15) is 4.39 Å². The Labute approximate surface area is 338 Å². The van der Waals surface area contributed by atoms with Gasteiger partial charge in [0.15, 0.2) is 11.5 Å². The number of ether oxygens (including phenoxy) is 3. The lowest BCUT2D eigenvalue weighted by Gasteiger charge is -2.14. The zero-order valence-electron chi connectivity index (χ0n) is 28.9. The molecule has 0 unspecified atom stereocenters. The molecular weight excluding hydrogens is 834 g/mol. The minimum atomic E-state index is -0.930. The number of quaternary nitrogens is 1. The lowest BCUT2D eigenvalue weighted by molar-refractivity contribution is -0.387. The van der Waals surface area contributed by atoms with Crippen molar-refractivity contribution in [2.75, 3.05) is 44.5 Å². The Morgan fingerprint density at radius 3 is 1.94 bits per heavy atom. The lowest BCUT2D eigenvalue weighted by atomic mass is 10.2. The molecule has 1 heterocycles. The second-order valence-electron chi connectivity index (χ2n) is 10.00. The average molecular weight is 897 g/mol. The van der Waals surface area contributed by atoms with Crippen molar-refractivity contribution in [1.82, 2.24) is 0 Å². The molecule has 306 valence electrons. The molecule has 1 saturated heterocycles. The molecule has 0 aromatic heterocycles. The highest BCUT2D eigenvalue weighted by Crippen LogP contribution is 2.28. The summed E-state index contributed by atoms with van der Waals surface area (Å²) in [6, 6.07) is 24.8. The van der Waals surface area contributed by atoms with Crippen LogP contribution in [0.5, 0.6) is 0 Å². The van der Waals surface area contributed by atoms with Crippen LogP contribution in [0.25, 0.3) is 0 Å². The van der Waals surface area contributed by atoms with E-state index in [2.05, 4.69) is 55.0 Å². The first kappa shape index (κ1) is 54.8. The summed E-state index contributed by atoms with van der Waals surface area (Å²) in [5, 5.41) is 30.1. The molecule has 2 atom stereocenters. The van der Waals surface area contributed by atoms with Gasteiger partial charge in [-0.25, -0.2) is 4.39 Å². The fourth-order valence-corrected chi connectivity index (χ4v) is 4.50. The van der Waals surface area contributed by atoms with Crippen LogP contribution in [0.3, 0.4) is 0 Å². The molecule has 0 bridgehead atoms. The standard InChI is InChI=1S/C16H18BrFN2O2.C10H12O2.C6H4BrFN2O2.C2H6.CH4O.4CH4/c17-13-6-15(19)14(18)7-16(13)20-8-12(21)10-22-9-11-4-2-1-3-5-11;1-2-4-9(5-3-1)6-11-7-10-8-12-10;7-3-1-6(10(11)12)4(8)2-5(3)9;2*1-2;;;;/h1-7,12,20-21H,8-10,19H2;1-5,10H,6-8H2;1-2H,9H2;1-2H3;2H,1H3;4*1H4/p+1/t12-;10-;;;;;;;/m10......./s1/i;;;1D;;;;;. The second-order valence-corrected chi connectivity index (χ2v) is 11.7. The highest BCUT2D eigenvalue weighted by atomic mass is 79.9. The number of aliphatic hydroxyl groups excluding tert-OH is 2. The molecule has 4 aromatic carbocycles. The number of anilines is 2. The second kappa shape index (κ2) is 32.9. The molecule has 8 N–H and O–H groups in total.